The lowest BCUT2D eigenvalue weighted by molar-refractivity contribution is 0.0937. The minimum atomic E-state index is -0.276. The quantitative estimate of drug-likeness (QED) is 0.793. The highest BCUT2D eigenvalue weighted by Gasteiger charge is 2.29. The zero-order chi connectivity index (χ0) is 18.1. The van der Waals surface area contributed by atoms with E-state index < -0.39 is 0 Å². The van der Waals surface area contributed by atoms with Crippen LogP contribution in [0.25, 0.3) is 0 Å². The zero-order valence-corrected chi connectivity index (χ0v) is 15.0. The summed E-state index contributed by atoms with van der Waals surface area (Å²) in [6, 6.07) is 6.76. The predicted octanol–water partition coefficient (Wildman–Crippen LogP) is 4.68. The fourth-order valence-electron chi connectivity index (χ4n) is 3.45. The molecule has 0 aliphatic heterocycles. The van der Waals surface area contributed by atoms with Gasteiger partial charge in [0.05, 0.1) is 5.56 Å². The van der Waals surface area contributed by atoms with E-state index in [0.717, 1.165) is 30.5 Å². The molecule has 0 spiro atoms. The smallest absolute Gasteiger partial charge is 0.253 e. The van der Waals surface area contributed by atoms with Crippen LogP contribution in [0.1, 0.15) is 59.5 Å². The normalized spacial score (nSPS) is 16.8. The van der Waals surface area contributed by atoms with Gasteiger partial charge in [-0.2, -0.15) is 0 Å². The van der Waals surface area contributed by atoms with Gasteiger partial charge in [-0.25, -0.2) is 9.37 Å². The molecule has 1 heterocycles. The molecule has 2 aliphatic carbocycles. The van der Waals surface area contributed by atoms with Gasteiger partial charge in [0.2, 0.25) is 0 Å². The predicted molar refractivity (Wildman–Crippen MR) is 100 cm³/mol. The fourth-order valence-corrected chi connectivity index (χ4v) is 3.45. The Morgan fingerprint density at radius 1 is 1.19 bits per heavy atom. The van der Waals surface area contributed by atoms with E-state index in [4.69, 9.17) is 0 Å². The van der Waals surface area contributed by atoms with Crippen molar-refractivity contribution in [3.63, 3.8) is 0 Å². The molecule has 1 aromatic heterocycles. The number of pyridine rings is 1. The minimum Gasteiger partial charge on any atom is -0.352 e. The molecule has 4 rings (SSSR count). The van der Waals surface area contributed by atoms with Gasteiger partial charge < -0.3 is 10.6 Å². The van der Waals surface area contributed by atoms with E-state index in [1.165, 1.54) is 31.4 Å². The molecule has 1 amide bonds. The summed E-state index contributed by atoms with van der Waals surface area (Å²) in [4.78, 5) is 17.0. The van der Waals surface area contributed by atoms with Crippen LogP contribution in [0, 0.1) is 18.7 Å². The number of nitrogens with zero attached hydrogens (tertiary/aromatic N) is 1. The number of hydrogen-bond acceptors (Lipinski definition) is 3. The summed E-state index contributed by atoms with van der Waals surface area (Å²) in [5.41, 5.74) is 3.23. The molecular formula is C21H24FN3O. The summed E-state index contributed by atoms with van der Waals surface area (Å²) in [7, 11) is 0. The monoisotopic (exact) mass is 353 g/mol. The standard InChI is InChI=1S/C21H24FN3O/c1-13-7-16(22)9-17(8-13)25-20-10-18(15-5-6-15)19(12-23-20)21(26)24-11-14-3-2-4-14/h7-10,12,14-15H,2-6,11H2,1H3,(H,23,25)(H,24,26). The maximum atomic E-state index is 13.6. The Hall–Kier alpha value is -2.43. The van der Waals surface area contributed by atoms with Crippen molar-refractivity contribution >= 4 is 17.4 Å². The lowest BCUT2D eigenvalue weighted by Crippen LogP contribution is -2.32. The van der Waals surface area contributed by atoms with Crippen molar-refractivity contribution in [2.24, 2.45) is 5.92 Å². The number of rotatable bonds is 6. The number of hydrogen-bond donors (Lipinski definition) is 2. The van der Waals surface area contributed by atoms with E-state index in [1.54, 1.807) is 6.20 Å². The number of carbonyl (C=O) groups excluding carboxylic acids is 1. The first-order chi connectivity index (χ1) is 12.6. The van der Waals surface area contributed by atoms with Crippen LogP contribution in [0.3, 0.4) is 0 Å². The molecule has 4 nitrogen and oxygen atoms in total. The summed E-state index contributed by atoms with van der Waals surface area (Å²) < 4.78 is 13.6. The van der Waals surface area contributed by atoms with E-state index in [-0.39, 0.29) is 11.7 Å². The van der Waals surface area contributed by atoms with E-state index in [0.29, 0.717) is 28.9 Å². The van der Waals surface area contributed by atoms with Crippen LogP contribution < -0.4 is 10.6 Å². The average molecular weight is 353 g/mol. The number of anilines is 2. The van der Waals surface area contributed by atoms with E-state index in [9.17, 15) is 9.18 Å². The van der Waals surface area contributed by atoms with Gasteiger partial charge in [0.15, 0.2) is 0 Å². The van der Waals surface area contributed by atoms with Crippen LogP contribution in [0.2, 0.25) is 0 Å². The zero-order valence-electron chi connectivity index (χ0n) is 15.0. The number of nitrogens with one attached hydrogen (secondary N) is 2. The molecule has 136 valence electrons. The molecule has 0 radical (unpaired) electrons. The number of aromatic nitrogens is 1. The van der Waals surface area contributed by atoms with E-state index >= 15 is 0 Å². The first-order valence-electron chi connectivity index (χ1n) is 9.41. The molecule has 2 N–H and O–H groups in total. The van der Waals surface area contributed by atoms with Gasteiger partial charge in [-0.3, -0.25) is 4.79 Å². The number of halogens is 1. The van der Waals surface area contributed by atoms with Crippen LogP contribution in [0.5, 0.6) is 0 Å². The molecule has 0 unspecified atom stereocenters. The average Bonchev–Trinajstić information content (AvgIpc) is 3.37. The first-order valence-corrected chi connectivity index (χ1v) is 9.41. The molecule has 26 heavy (non-hydrogen) atoms. The molecule has 0 atom stereocenters. The molecule has 0 saturated heterocycles. The van der Waals surface area contributed by atoms with Gasteiger partial charge in [-0.05, 0) is 79.8 Å². The molecule has 2 saturated carbocycles. The Morgan fingerprint density at radius 3 is 2.65 bits per heavy atom. The van der Waals surface area contributed by atoms with Crippen LogP contribution in [-0.4, -0.2) is 17.4 Å². The van der Waals surface area contributed by atoms with Crippen molar-refractivity contribution in [3.8, 4) is 0 Å². The Morgan fingerprint density at radius 2 is 2.00 bits per heavy atom. The summed E-state index contributed by atoms with van der Waals surface area (Å²) in [6.07, 6.45) is 7.55. The molecule has 5 heteroatoms. The van der Waals surface area contributed by atoms with Crippen molar-refractivity contribution in [3.05, 3.63) is 53.0 Å². The third kappa shape index (κ3) is 3.87. The number of aryl methyl sites for hydroxylation is 1. The fraction of sp³-hybridized carbons (Fsp3) is 0.429. The summed E-state index contributed by atoms with van der Waals surface area (Å²) in [5.74, 6) is 1.40. The lowest BCUT2D eigenvalue weighted by atomic mass is 9.85. The largest absolute Gasteiger partial charge is 0.352 e. The SMILES string of the molecule is Cc1cc(F)cc(Nc2cc(C3CC3)c(C(=O)NCC3CCC3)cn2)c1. The summed E-state index contributed by atoms with van der Waals surface area (Å²) >= 11 is 0. The van der Waals surface area contributed by atoms with Crippen LogP contribution in [0.15, 0.2) is 30.5 Å². The van der Waals surface area contributed by atoms with Gasteiger partial charge in [0.1, 0.15) is 11.6 Å². The van der Waals surface area contributed by atoms with Crippen molar-refractivity contribution in [1.82, 2.24) is 10.3 Å². The maximum Gasteiger partial charge on any atom is 0.253 e. The molecule has 0 bridgehead atoms. The van der Waals surface area contributed by atoms with Crippen LogP contribution in [-0.2, 0) is 0 Å². The van der Waals surface area contributed by atoms with E-state index in [2.05, 4.69) is 15.6 Å². The second kappa shape index (κ2) is 7.06. The van der Waals surface area contributed by atoms with Gasteiger partial charge in [0.25, 0.3) is 5.91 Å². The molecular weight excluding hydrogens is 329 g/mol. The molecule has 2 aliphatic rings. The molecule has 1 aromatic carbocycles. The van der Waals surface area contributed by atoms with Gasteiger partial charge in [-0.15, -0.1) is 0 Å². The number of benzene rings is 1. The Bertz CT molecular complexity index is 808. The maximum absolute atomic E-state index is 13.6. The summed E-state index contributed by atoms with van der Waals surface area (Å²) in [5, 5.41) is 6.22. The van der Waals surface area contributed by atoms with Crippen molar-refractivity contribution < 1.29 is 9.18 Å². The highest BCUT2D eigenvalue weighted by Crippen LogP contribution is 2.42. The van der Waals surface area contributed by atoms with Gasteiger partial charge >= 0.3 is 0 Å². The second-order valence-corrected chi connectivity index (χ2v) is 7.58. The Labute approximate surface area is 153 Å². The highest BCUT2D eigenvalue weighted by atomic mass is 19.1. The number of amides is 1. The van der Waals surface area contributed by atoms with Crippen LogP contribution >= 0.6 is 0 Å². The van der Waals surface area contributed by atoms with Crippen molar-refractivity contribution in [2.45, 2.75) is 44.9 Å². The topological polar surface area (TPSA) is 54.0 Å². The Kier molecular flexibility index (Phi) is 4.62. The minimum absolute atomic E-state index is 0.0283. The van der Waals surface area contributed by atoms with E-state index in [1.807, 2.05) is 19.1 Å². The molecule has 2 aromatic rings. The van der Waals surface area contributed by atoms with Crippen molar-refractivity contribution in [1.29, 1.82) is 0 Å². The first kappa shape index (κ1) is 17.0. The lowest BCUT2D eigenvalue weighted by Gasteiger charge is -2.25. The highest BCUT2D eigenvalue weighted by molar-refractivity contribution is 5.96. The Balaban J connectivity index is 1.52. The third-order valence-electron chi connectivity index (χ3n) is 5.29. The number of carbonyl (C=O) groups is 1. The second-order valence-electron chi connectivity index (χ2n) is 7.58. The third-order valence-corrected chi connectivity index (χ3v) is 5.29. The van der Waals surface area contributed by atoms with Gasteiger partial charge in [0, 0.05) is 18.4 Å². The van der Waals surface area contributed by atoms with Gasteiger partial charge in [-0.1, -0.05) is 6.42 Å². The molecule has 2 fully saturated rings. The van der Waals surface area contributed by atoms with Crippen LogP contribution in [0.4, 0.5) is 15.9 Å². The summed E-state index contributed by atoms with van der Waals surface area (Å²) in [6.45, 7) is 2.61. The van der Waals surface area contributed by atoms with Crippen molar-refractivity contribution in [2.75, 3.05) is 11.9 Å².